The Labute approximate surface area is 127 Å². The minimum atomic E-state index is -0.599. The Balaban J connectivity index is 1.97. The molecule has 2 fully saturated rings. The third kappa shape index (κ3) is 2.66. The van der Waals surface area contributed by atoms with Crippen molar-refractivity contribution in [2.24, 2.45) is 5.73 Å². The lowest BCUT2D eigenvalue weighted by molar-refractivity contribution is -0.161. The summed E-state index contributed by atoms with van der Waals surface area (Å²) in [6.07, 6.45) is 1.72. The minimum Gasteiger partial charge on any atom is -0.399 e. The number of ether oxygens (including phenoxy) is 2. The van der Waals surface area contributed by atoms with Crippen molar-refractivity contribution in [1.82, 2.24) is 0 Å². The second-order valence-electron chi connectivity index (χ2n) is 5.40. The summed E-state index contributed by atoms with van der Waals surface area (Å²) in [4.78, 5) is 13.7. The number of benzene rings is 1. The molecule has 0 aromatic heterocycles. The summed E-state index contributed by atoms with van der Waals surface area (Å²) in [5.41, 5.74) is 12.6. The van der Waals surface area contributed by atoms with Crippen molar-refractivity contribution < 1.29 is 14.3 Å². The number of rotatable bonds is 2. The van der Waals surface area contributed by atoms with Crippen molar-refractivity contribution in [3.63, 3.8) is 0 Å². The number of halogens is 1. The fourth-order valence-electron chi connectivity index (χ4n) is 3.04. The molecule has 1 amide bonds. The largest absolute Gasteiger partial charge is 0.399 e. The van der Waals surface area contributed by atoms with E-state index in [9.17, 15) is 4.79 Å². The Morgan fingerprint density at radius 2 is 2.05 bits per heavy atom. The third-order valence-electron chi connectivity index (χ3n) is 3.90. The van der Waals surface area contributed by atoms with Gasteiger partial charge in [-0.2, -0.15) is 0 Å². The molecule has 2 heterocycles. The van der Waals surface area contributed by atoms with Crippen molar-refractivity contribution in [3.05, 3.63) is 22.7 Å². The highest BCUT2D eigenvalue weighted by Gasteiger charge is 2.41. The lowest BCUT2D eigenvalue weighted by atomic mass is 10.0. The molecule has 2 aliphatic heterocycles. The molecular formula is C14H18ClN3O3. The number of amides is 1. The number of carbonyl (C=O) groups excluding carboxylic acids is 1. The van der Waals surface area contributed by atoms with Crippen LogP contribution in [0.2, 0.25) is 5.02 Å². The molecule has 0 bridgehead atoms. The van der Waals surface area contributed by atoms with E-state index in [1.165, 1.54) is 0 Å². The van der Waals surface area contributed by atoms with Gasteiger partial charge in [-0.3, -0.25) is 4.79 Å². The van der Waals surface area contributed by atoms with Crippen LogP contribution in [0.3, 0.4) is 0 Å². The van der Waals surface area contributed by atoms with E-state index >= 15 is 0 Å². The van der Waals surface area contributed by atoms with E-state index in [0.29, 0.717) is 41.7 Å². The summed E-state index contributed by atoms with van der Waals surface area (Å²) in [7, 11) is 0. The molecule has 114 valence electrons. The van der Waals surface area contributed by atoms with Crippen LogP contribution in [-0.2, 0) is 9.47 Å². The topological polar surface area (TPSA) is 90.8 Å². The van der Waals surface area contributed by atoms with Gasteiger partial charge in [-0.25, -0.2) is 0 Å². The molecule has 2 saturated heterocycles. The second-order valence-corrected chi connectivity index (χ2v) is 5.80. The molecule has 6 nitrogen and oxygen atoms in total. The summed E-state index contributed by atoms with van der Waals surface area (Å²) < 4.78 is 11.5. The average molecular weight is 312 g/mol. The SMILES string of the molecule is NC(=O)c1cc(N)cc(Cl)c1N1CCCC2(C1)OCCO2. The molecule has 1 aromatic carbocycles. The minimum absolute atomic E-state index is 0.329. The van der Waals surface area contributed by atoms with Crippen LogP contribution >= 0.6 is 11.6 Å². The maximum Gasteiger partial charge on any atom is 0.250 e. The Morgan fingerprint density at radius 3 is 2.71 bits per heavy atom. The predicted octanol–water partition coefficient (Wildman–Crippen LogP) is 1.36. The van der Waals surface area contributed by atoms with Crippen LogP contribution in [0.1, 0.15) is 23.2 Å². The van der Waals surface area contributed by atoms with Gasteiger partial charge in [-0.05, 0) is 18.6 Å². The number of nitrogens with two attached hydrogens (primary N) is 2. The van der Waals surface area contributed by atoms with Gasteiger partial charge in [0.2, 0.25) is 0 Å². The van der Waals surface area contributed by atoms with E-state index in [0.717, 1.165) is 19.4 Å². The van der Waals surface area contributed by atoms with E-state index in [1.54, 1.807) is 12.1 Å². The molecular weight excluding hydrogens is 294 g/mol. The van der Waals surface area contributed by atoms with Crippen LogP contribution in [-0.4, -0.2) is 38.0 Å². The van der Waals surface area contributed by atoms with Crippen molar-refractivity contribution in [1.29, 1.82) is 0 Å². The highest BCUT2D eigenvalue weighted by atomic mass is 35.5. The summed E-state index contributed by atoms with van der Waals surface area (Å²) in [6.45, 7) is 2.47. The van der Waals surface area contributed by atoms with E-state index in [4.69, 9.17) is 32.5 Å². The highest BCUT2D eigenvalue weighted by Crippen LogP contribution is 2.38. The van der Waals surface area contributed by atoms with Crippen LogP contribution < -0.4 is 16.4 Å². The van der Waals surface area contributed by atoms with E-state index < -0.39 is 11.7 Å². The van der Waals surface area contributed by atoms with E-state index in [1.807, 2.05) is 4.90 Å². The standard InChI is InChI=1S/C14H18ClN3O3/c15-11-7-9(16)6-10(13(17)19)12(11)18-3-1-2-14(8-18)20-4-5-21-14/h6-7H,1-5,8,16H2,(H2,17,19). The lowest BCUT2D eigenvalue weighted by Crippen LogP contribution is -2.49. The molecule has 2 aliphatic rings. The molecule has 7 heteroatoms. The van der Waals surface area contributed by atoms with E-state index in [-0.39, 0.29) is 0 Å². The van der Waals surface area contributed by atoms with Crippen LogP contribution in [0, 0.1) is 0 Å². The molecule has 4 N–H and O–H groups in total. The summed E-state index contributed by atoms with van der Waals surface area (Å²) in [5.74, 6) is -1.15. The predicted molar refractivity (Wildman–Crippen MR) is 80.5 cm³/mol. The summed E-state index contributed by atoms with van der Waals surface area (Å²) >= 11 is 6.30. The lowest BCUT2D eigenvalue weighted by Gasteiger charge is -2.40. The summed E-state index contributed by atoms with van der Waals surface area (Å²) in [6, 6.07) is 3.18. The maximum absolute atomic E-state index is 11.7. The quantitative estimate of drug-likeness (QED) is 0.805. The summed E-state index contributed by atoms with van der Waals surface area (Å²) in [5, 5.41) is 0.416. The Kier molecular flexibility index (Phi) is 3.69. The molecule has 21 heavy (non-hydrogen) atoms. The molecule has 1 aromatic rings. The first-order valence-electron chi connectivity index (χ1n) is 6.92. The van der Waals surface area contributed by atoms with Gasteiger partial charge < -0.3 is 25.8 Å². The fraction of sp³-hybridized carbons (Fsp3) is 0.500. The number of anilines is 2. The van der Waals surface area contributed by atoms with Crippen LogP contribution in [0.15, 0.2) is 12.1 Å². The fourth-order valence-corrected chi connectivity index (χ4v) is 3.39. The number of nitrogens with zero attached hydrogens (tertiary/aromatic N) is 1. The van der Waals surface area contributed by atoms with E-state index in [2.05, 4.69) is 0 Å². The first-order chi connectivity index (χ1) is 10.0. The van der Waals surface area contributed by atoms with Gasteiger partial charge in [0.1, 0.15) is 0 Å². The van der Waals surface area contributed by atoms with Gasteiger partial charge in [0.05, 0.1) is 36.0 Å². The zero-order valence-electron chi connectivity index (χ0n) is 11.6. The van der Waals surface area contributed by atoms with Crippen molar-refractivity contribution in [2.45, 2.75) is 18.6 Å². The molecule has 0 unspecified atom stereocenters. The number of carbonyl (C=O) groups is 1. The zero-order chi connectivity index (χ0) is 15.0. The number of hydrogen-bond acceptors (Lipinski definition) is 5. The van der Waals surface area contributed by atoms with Gasteiger partial charge in [0, 0.05) is 18.7 Å². The number of hydrogen-bond donors (Lipinski definition) is 2. The van der Waals surface area contributed by atoms with Gasteiger partial charge >= 0.3 is 0 Å². The average Bonchev–Trinajstić information content (AvgIpc) is 2.85. The van der Waals surface area contributed by atoms with Crippen LogP contribution in [0.25, 0.3) is 0 Å². The number of nitrogen functional groups attached to an aromatic ring is 1. The first-order valence-corrected chi connectivity index (χ1v) is 7.30. The second kappa shape index (κ2) is 5.36. The third-order valence-corrected chi connectivity index (χ3v) is 4.19. The monoisotopic (exact) mass is 311 g/mol. The molecule has 0 aliphatic carbocycles. The Morgan fingerprint density at radius 1 is 1.33 bits per heavy atom. The first kappa shape index (κ1) is 14.4. The molecule has 0 atom stereocenters. The molecule has 1 spiro atoms. The smallest absolute Gasteiger partial charge is 0.250 e. The Hall–Kier alpha value is -1.50. The van der Waals surface area contributed by atoms with Crippen molar-refractivity contribution in [3.8, 4) is 0 Å². The Bertz CT molecular complexity index is 573. The van der Waals surface area contributed by atoms with Crippen LogP contribution in [0.5, 0.6) is 0 Å². The van der Waals surface area contributed by atoms with Crippen LogP contribution in [0.4, 0.5) is 11.4 Å². The normalized spacial score (nSPS) is 20.9. The van der Waals surface area contributed by atoms with Gasteiger partial charge in [-0.15, -0.1) is 0 Å². The van der Waals surface area contributed by atoms with Crippen molar-refractivity contribution >= 4 is 28.9 Å². The van der Waals surface area contributed by atoms with Gasteiger partial charge in [0.15, 0.2) is 5.79 Å². The zero-order valence-corrected chi connectivity index (χ0v) is 12.4. The maximum atomic E-state index is 11.7. The highest BCUT2D eigenvalue weighted by molar-refractivity contribution is 6.34. The molecule has 0 radical (unpaired) electrons. The van der Waals surface area contributed by atoms with Crippen molar-refractivity contribution in [2.75, 3.05) is 36.9 Å². The molecule has 3 rings (SSSR count). The number of primary amides is 1. The molecule has 0 saturated carbocycles. The number of piperidine rings is 1. The van der Waals surface area contributed by atoms with Gasteiger partial charge in [0.25, 0.3) is 5.91 Å². The van der Waals surface area contributed by atoms with Gasteiger partial charge in [-0.1, -0.05) is 11.6 Å².